The molecule has 26 heavy (non-hydrogen) atoms. The molecule has 3 rings (SSSR count). The van der Waals surface area contributed by atoms with Crippen LogP contribution in [0.4, 0.5) is 5.69 Å². The zero-order chi connectivity index (χ0) is 18.4. The Hall–Kier alpha value is -2.62. The Morgan fingerprint density at radius 1 is 1.00 bits per heavy atom. The first-order valence-corrected chi connectivity index (χ1v) is 9.99. The molecule has 1 amide bonds. The molecule has 0 unspecified atom stereocenters. The van der Waals surface area contributed by atoms with Crippen LogP contribution in [0.2, 0.25) is 0 Å². The molecule has 0 aliphatic carbocycles. The van der Waals surface area contributed by atoms with Gasteiger partial charge in [0.05, 0.1) is 11.4 Å². The molecule has 134 valence electrons. The van der Waals surface area contributed by atoms with Crippen LogP contribution in [-0.2, 0) is 14.8 Å². The Labute approximate surface area is 154 Å². The van der Waals surface area contributed by atoms with Gasteiger partial charge in [-0.25, -0.2) is 8.42 Å². The minimum atomic E-state index is -3.54. The highest BCUT2D eigenvalue weighted by Crippen LogP contribution is 2.21. The third-order valence-corrected chi connectivity index (χ3v) is 5.56. The maximum atomic E-state index is 12.1. The summed E-state index contributed by atoms with van der Waals surface area (Å²) < 4.78 is 26.6. The first kappa shape index (κ1) is 18.2. The highest BCUT2D eigenvalue weighted by molar-refractivity contribution is 7.89. The molecule has 1 heterocycles. The maximum Gasteiger partial charge on any atom is 0.241 e. The second-order valence-corrected chi connectivity index (χ2v) is 7.76. The zero-order valence-electron chi connectivity index (χ0n) is 14.3. The lowest BCUT2D eigenvalue weighted by molar-refractivity contribution is -0.119. The number of benzene rings is 2. The molecule has 0 saturated carbocycles. The molecule has 6 heteroatoms. The summed E-state index contributed by atoms with van der Waals surface area (Å²) in [5, 5.41) is 0. The number of anilines is 1. The number of rotatable bonds is 4. The Kier molecular flexibility index (Phi) is 5.71. The van der Waals surface area contributed by atoms with Crippen molar-refractivity contribution in [3.63, 3.8) is 0 Å². The molecule has 1 saturated heterocycles. The van der Waals surface area contributed by atoms with Crippen LogP contribution in [0, 0.1) is 11.8 Å². The number of carbonyl (C=O) groups excluding carboxylic acids is 1. The Morgan fingerprint density at radius 2 is 1.73 bits per heavy atom. The van der Waals surface area contributed by atoms with Gasteiger partial charge in [-0.15, -0.1) is 0 Å². The Bertz CT molecular complexity index is 927. The van der Waals surface area contributed by atoms with Gasteiger partial charge in [-0.05, 0) is 49.2 Å². The van der Waals surface area contributed by atoms with E-state index in [1.807, 2.05) is 24.3 Å². The van der Waals surface area contributed by atoms with Crippen molar-refractivity contribution in [2.45, 2.75) is 24.2 Å². The van der Waals surface area contributed by atoms with Crippen LogP contribution >= 0.6 is 0 Å². The molecule has 1 aliphatic rings. The van der Waals surface area contributed by atoms with Crippen molar-refractivity contribution in [3.05, 3.63) is 60.2 Å². The van der Waals surface area contributed by atoms with Gasteiger partial charge in [0.2, 0.25) is 15.9 Å². The number of hydrogen-bond donors (Lipinski definition) is 1. The van der Waals surface area contributed by atoms with E-state index in [9.17, 15) is 13.2 Å². The molecule has 1 N–H and O–H groups in total. The summed E-state index contributed by atoms with van der Waals surface area (Å²) in [4.78, 5) is 14.0. The molecule has 0 spiro atoms. The van der Waals surface area contributed by atoms with Gasteiger partial charge < -0.3 is 4.90 Å². The van der Waals surface area contributed by atoms with Crippen LogP contribution in [0.5, 0.6) is 0 Å². The van der Waals surface area contributed by atoms with E-state index in [-0.39, 0.29) is 17.3 Å². The van der Waals surface area contributed by atoms with Crippen molar-refractivity contribution < 1.29 is 13.2 Å². The number of nitrogens with one attached hydrogen (secondary N) is 1. The van der Waals surface area contributed by atoms with Gasteiger partial charge in [-0.3, -0.25) is 4.79 Å². The predicted octanol–water partition coefficient (Wildman–Crippen LogP) is 2.53. The van der Waals surface area contributed by atoms with Crippen molar-refractivity contribution in [2.24, 2.45) is 0 Å². The van der Waals surface area contributed by atoms with Crippen LogP contribution in [0.25, 0.3) is 0 Å². The lowest BCUT2D eigenvalue weighted by Gasteiger charge is -2.26. The molecule has 0 bridgehead atoms. The van der Waals surface area contributed by atoms with Crippen LogP contribution < -0.4 is 9.62 Å². The van der Waals surface area contributed by atoms with Gasteiger partial charge in [0.25, 0.3) is 0 Å². The van der Waals surface area contributed by atoms with E-state index in [0.717, 1.165) is 30.6 Å². The van der Waals surface area contributed by atoms with E-state index in [1.54, 1.807) is 23.1 Å². The summed E-state index contributed by atoms with van der Waals surface area (Å²) >= 11 is 0. The van der Waals surface area contributed by atoms with E-state index in [4.69, 9.17) is 0 Å². The third kappa shape index (κ3) is 4.51. The molecule has 1 aliphatic heterocycles. The van der Waals surface area contributed by atoms with Gasteiger partial charge in [0, 0.05) is 24.2 Å². The van der Waals surface area contributed by atoms with Crippen molar-refractivity contribution in [1.82, 2.24) is 4.72 Å². The van der Waals surface area contributed by atoms with Crippen LogP contribution in [0.3, 0.4) is 0 Å². The summed E-state index contributed by atoms with van der Waals surface area (Å²) in [5.41, 5.74) is 1.65. The first-order valence-electron chi connectivity index (χ1n) is 8.50. The largest absolute Gasteiger partial charge is 0.312 e. The highest BCUT2D eigenvalue weighted by atomic mass is 32.2. The van der Waals surface area contributed by atoms with Gasteiger partial charge in [-0.2, -0.15) is 4.72 Å². The first-order chi connectivity index (χ1) is 12.6. The van der Waals surface area contributed by atoms with Gasteiger partial charge >= 0.3 is 0 Å². The summed E-state index contributed by atoms with van der Waals surface area (Å²) in [5.74, 6) is 5.90. The fourth-order valence-corrected chi connectivity index (χ4v) is 3.71. The predicted molar refractivity (Wildman–Crippen MR) is 101 cm³/mol. The van der Waals surface area contributed by atoms with Crippen LogP contribution in [-0.4, -0.2) is 27.4 Å². The molecule has 2 aromatic rings. The minimum Gasteiger partial charge on any atom is -0.312 e. The number of piperidine rings is 1. The van der Waals surface area contributed by atoms with Crippen LogP contribution in [0.1, 0.15) is 24.8 Å². The van der Waals surface area contributed by atoms with Crippen molar-refractivity contribution in [1.29, 1.82) is 0 Å². The lowest BCUT2D eigenvalue weighted by Crippen LogP contribution is -2.35. The fourth-order valence-electron chi connectivity index (χ4n) is 2.76. The molecular formula is C20H20N2O3S. The van der Waals surface area contributed by atoms with E-state index >= 15 is 0 Å². The fraction of sp³-hybridized carbons (Fsp3) is 0.250. The smallest absolute Gasteiger partial charge is 0.241 e. The molecule has 0 aromatic heterocycles. The molecule has 1 fully saturated rings. The number of hydrogen-bond acceptors (Lipinski definition) is 3. The summed E-state index contributed by atoms with van der Waals surface area (Å²) in [6.45, 7) is 0.786. The van der Waals surface area contributed by atoms with Crippen molar-refractivity contribution in [2.75, 3.05) is 18.0 Å². The number of sulfonamides is 1. The topological polar surface area (TPSA) is 66.5 Å². The van der Waals surface area contributed by atoms with E-state index in [0.29, 0.717) is 6.42 Å². The molecule has 2 aromatic carbocycles. The van der Waals surface area contributed by atoms with Crippen molar-refractivity contribution in [3.8, 4) is 11.8 Å². The number of nitrogens with zero attached hydrogens (tertiary/aromatic N) is 1. The van der Waals surface area contributed by atoms with Crippen molar-refractivity contribution >= 4 is 21.6 Å². The normalized spacial score (nSPS) is 14.6. The second kappa shape index (κ2) is 8.17. The van der Waals surface area contributed by atoms with Crippen LogP contribution in [0.15, 0.2) is 59.5 Å². The molecule has 0 radical (unpaired) electrons. The van der Waals surface area contributed by atoms with E-state index < -0.39 is 10.0 Å². The Morgan fingerprint density at radius 3 is 2.42 bits per heavy atom. The summed E-state index contributed by atoms with van der Waals surface area (Å²) in [6, 6.07) is 15.6. The van der Waals surface area contributed by atoms with Gasteiger partial charge in [0.1, 0.15) is 0 Å². The number of carbonyl (C=O) groups is 1. The zero-order valence-corrected chi connectivity index (χ0v) is 15.1. The monoisotopic (exact) mass is 368 g/mol. The summed E-state index contributed by atoms with van der Waals surface area (Å²) in [6.07, 6.45) is 2.58. The molecule has 0 atom stereocenters. The number of amides is 1. The average Bonchev–Trinajstić information content (AvgIpc) is 2.67. The maximum absolute atomic E-state index is 12.1. The summed E-state index contributed by atoms with van der Waals surface area (Å²) in [7, 11) is -3.54. The standard InChI is InChI=1S/C20H20N2O3S/c23-20-10-4-5-16-22(20)18-13-11-17(12-14-18)7-6-15-21-26(24,25)19-8-2-1-3-9-19/h1-3,8-9,11-14,21H,4-5,10,15-16H2. The second-order valence-electron chi connectivity index (χ2n) is 5.99. The lowest BCUT2D eigenvalue weighted by atomic mass is 10.1. The molecule has 5 nitrogen and oxygen atoms in total. The quantitative estimate of drug-likeness (QED) is 0.844. The van der Waals surface area contributed by atoms with Gasteiger partial charge in [-0.1, -0.05) is 30.0 Å². The molecular weight excluding hydrogens is 348 g/mol. The Balaban J connectivity index is 1.59. The average molecular weight is 368 g/mol. The van der Waals surface area contributed by atoms with Gasteiger partial charge in [0.15, 0.2) is 0 Å². The SMILES string of the molecule is O=C1CCCCN1c1ccc(C#CCNS(=O)(=O)c2ccccc2)cc1. The third-order valence-electron chi connectivity index (χ3n) is 4.14. The highest BCUT2D eigenvalue weighted by Gasteiger charge is 2.19. The minimum absolute atomic E-state index is 0.0313. The van der Waals surface area contributed by atoms with E-state index in [1.165, 1.54) is 12.1 Å². The van der Waals surface area contributed by atoms with E-state index in [2.05, 4.69) is 16.6 Å².